The Morgan fingerprint density at radius 3 is 2.53 bits per heavy atom. The Hall–Kier alpha value is -0.340. The van der Waals surface area contributed by atoms with E-state index in [-0.39, 0.29) is 0 Å². The Labute approximate surface area is 119 Å². The van der Waals surface area contributed by atoms with Crippen LogP contribution in [0.2, 0.25) is 0 Å². The van der Waals surface area contributed by atoms with Gasteiger partial charge in [-0.05, 0) is 37.0 Å². The molecule has 0 radical (unpaired) electrons. The summed E-state index contributed by atoms with van der Waals surface area (Å²) in [6.45, 7) is 13.1. The lowest BCUT2D eigenvalue weighted by Gasteiger charge is -2.45. The molecule has 1 heterocycles. The summed E-state index contributed by atoms with van der Waals surface area (Å²) >= 11 is 0. The van der Waals surface area contributed by atoms with Gasteiger partial charge in [-0.25, -0.2) is 0 Å². The van der Waals surface area contributed by atoms with E-state index in [1.165, 1.54) is 38.9 Å². The summed E-state index contributed by atoms with van der Waals surface area (Å²) in [5.74, 6) is 2.37. The molecular formula is C17H32N2. The first-order valence-corrected chi connectivity index (χ1v) is 8.20. The molecule has 3 atom stereocenters. The zero-order chi connectivity index (χ0) is 13.8. The molecule has 1 aliphatic heterocycles. The third kappa shape index (κ3) is 4.06. The number of rotatable bonds is 4. The SMILES string of the molecule is CC(C)C1CN(CC2CC=CCC2)C(C(C)C)CN1. The summed E-state index contributed by atoms with van der Waals surface area (Å²) in [6.07, 6.45) is 8.71. The Morgan fingerprint density at radius 1 is 1.16 bits per heavy atom. The topological polar surface area (TPSA) is 15.3 Å². The molecule has 0 bridgehead atoms. The number of nitrogens with zero attached hydrogens (tertiary/aromatic N) is 1. The fraction of sp³-hybridized carbons (Fsp3) is 0.882. The third-order valence-electron chi connectivity index (χ3n) is 4.93. The van der Waals surface area contributed by atoms with Crippen LogP contribution in [0.5, 0.6) is 0 Å². The van der Waals surface area contributed by atoms with Crippen LogP contribution in [-0.4, -0.2) is 36.6 Å². The number of hydrogen-bond acceptors (Lipinski definition) is 2. The molecule has 2 heteroatoms. The van der Waals surface area contributed by atoms with Gasteiger partial charge >= 0.3 is 0 Å². The molecule has 0 spiro atoms. The molecule has 0 aromatic heterocycles. The van der Waals surface area contributed by atoms with Gasteiger partial charge in [-0.1, -0.05) is 39.8 Å². The summed E-state index contributed by atoms with van der Waals surface area (Å²) in [7, 11) is 0. The Morgan fingerprint density at radius 2 is 1.95 bits per heavy atom. The fourth-order valence-corrected chi connectivity index (χ4v) is 3.52. The highest BCUT2D eigenvalue weighted by Gasteiger charge is 2.32. The maximum Gasteiger partial charge on any atom is 0.0244 e. The van der Waals surface area contributed by atoms with Gasteiger partial charge in [0, 0.05) is 31.7 Å². The molecule has 1 aliphatic carbocycles. The molecule has 110 valence electrons. The van der Waals surface area contributed by atoms with E-state index in [1.54, 1.807) is 0 Å². The van der Waals surface area contributed by atoms with Crippen LogP contribution in [0.15, 0.2) is 12.2 Å². The van der Waals surface area contributed by atoms with Gasteiger partial charge in [0.05, 0.1) is 0 Å². The minimum Gasteiger partial charge on any atom is -0.311 e. The second-order valence-corrected chi connectivity index (χ2v) is 7.17. The van der Waals surface area contributed by atoms with Crippen LogP contribution >= 0.6 is 0 Å². The predicted molar refractivity (Wildman–Crippen MR) is 83.3 cm³/mol. The summed E-state index contributed by atoms with van der Waals surface area (Å²) in [6, 6.07) is 1.40. The molecule has 2 nitrogen and oxygen atoms in total. The molecule has 0 aromatic carbocycles. The van der Waals surface area contributed by atoms with Crippen LogP contribution < -0.4 is 5.32 Å². The van der Waals surface area contributed by atoms with Crippen molar-refractivity contribution in [1.82, 2.24) is 10.2 Å². The number of piperazine rings is 1. The van der Waals surface area contributed by atoms with Gasteiger partial charge in [0.15, 0.2) is 0 Å². The average Bonchev–Trinajstić information content (AvgIpc) is 2.39. The van der Waals surface area contributed by atoms with Crippen LogP contribution in [0.3, 0.4) is 0 Å². The maximum atomic E-state index is 3.76. The molecule has 1 N–H and O–H groups in total. The van der Waals surface area contributed by atoms with Gasteiger partial charge in [-0.2, -0.15) is 0 Å². The summed E-state index contributed by atoms with van der Waals surface area (Å²) < 4.78 is 0. The van der Waals surface area contributed by atoms with E-state index in [4.69, 9.17) is 0 Å². The standard InChI is InChI=1S/C17H32N2/c1-13(2)16-12-19(17(10-18-16)14(3)4)11-15-8-6-5-7-9-15/h5-6,13-18H,7-12H2,1-4H3. The maximum absolute atomic E-state index is 3.76. The van der Waals surface area contributed by atoms with E-state index >= 15 is 0 Å². The van der Waals surface area contributed by atoms with Crippen LogP contribution in [0.25, 0.3) is 0 Å². The van der Waals surface area contributed by atoms with Crippen molar-refractivity contribution in [3.8, 4) is 0 Å². The van der Waals surface area contributed by atoms with Crippen LogP contribution in [0, 0.1) is 17.8 Å². The molecule has 0 saturated carbocycles. The van der Waals surface area contributed by atoms with Gasteiger partial charge in [0.2, 0.25) is 0 Å². The van der Waals surface area contributed by atoms with Crippen LogP contribution in [-0.2, 0) is 0 Å². The van der Waals surface area contributed by atoms with E-state index in [2.05, 4.69) is 50.1 Å². The molecule has 1 fully saturated rings. The number of nitrogens with one attached hydrogen (secondary N) is 1. The van der Waals surface area contributed by atoms with Crippen molar-refractivity contribution >= 4 is 0 Å². The smallest absolute Gasteiger partial charge is 0.0244 e. The first-order chi connectivity index (χ1) is 9.08. The fourth-order valence-electron chi connectivity index (χ4n) is 3.52. The zero-order valence-electron chi connectivity index (χ0n) is 13.2. The van der Waals surface area contributed by atoms with Gasteiger partial charge in [-0.15, -0.1) is 0 Å². The Balaban J connectivity index is 1.96. The van der Waals surface area contributed by atoms with Gasteiger partial charge in [0.1, 0.15) is 0 Å². The lowest BCUT2D eigenvalue weighted by Crippen LogP contribution is -2.60. The van der Waals surface area contributed by atoms with Crippen molar-refractivity contribution in [1.29, 1.82) is 0 Å². The molecule has 2 rings (SSSR count). The van der Waals surface area contributed by atoms with Crippen LogP contribution in [0.1, 0.15) is 47.0 Å². The minimum absolute atomic E-state index is 0.675. The number of hydrogen-bond donors (Lipinski definition) is 1. The van der Waals surface area contributed by atoms with Crippen molar-refractivity contribution in [2.45, 2.75) is 59.0 Å². The van der Waals surface area contributed by atoms with Crippen molar-refractivity contribution in [2.75, 3.05) is 19.6 Å². The highest BCUT2D eigenvalue weighted by Crippen LogP contribution is 2.24. The van der Waals surface area contributed by atoms with E-state index < -0.39 is 0 Å². The first kappa shape index (κ1) is 15.1. The average molecular weight is 264 g/mol. The normalized spacial score (nSPS) is 33.3. The largest absolute Gasteiger partial charge is 0.311 e. The molecule has 3 unspecified atom stereocenters. The molecule has 0 amide bonds. The third-order valence-corrected chi connectivity index (χ3v) is 4.93. The molecular weight excluding hydrogens is 232 g/mol. The Bertz CT molecular complexity index is 296. The summed E-state index contributed by atoms with van der Waals surface area (Å²) in [5, 5.41) is 3.76. The number of allylic oxidation sites excluding steroid dienone is 2. The molecule has 1 saturated heterocycles. The zero-order valence-corrected chi connectivity index (χ0v) is 13.2. The Kier molecular flexibility index (Phi) is 5.47. The van der Waals surface area contributed by atoms with Crippen molar-refractivity contribution in [2.24, 2.45) is 17.8 Å². The highest BCUT2D eigenvalue weighted by atomic mass is 15.2. The summed E-state index contributed by atoms with van der Waals surface area (Å²) in [4.78, 5) is 2.79. The summed E-state index contributed by atoms with van der Waals surface area (Å²) in [5.41, 5.74) is 0. The molecule has 0 aromatic rings. The van der Waals surface area contributed by atoms with E-state index in [0.29, 0.717) is 6.04 Å². The second kappa shape index (κ2) is 6.90. The highest BCUT2D eigenvalue weighted by molar-refractivity contribution is 4.94. The monoisotopic (exact) mass is 264 g/mol. The van der Waals surface area contributed by atoms with Crippen molar-refractivity contribution in [3.05, 3.63) is 12.2 Å². The second-order valence-electron chi connectivity index (χ2n) is 7.17. The molecule has 2 aliphatic rings. The van der Waals surface area contributed by atoms with E-state index in [1.807, 2.05) is 0 Å². The van der Waals surface area contributed by atoms with Gasteiger partial charge in [-0.3, -0.25) is 4.90 Å². The lowest BCUT2D eigenvalue weighted by atomic mass is 9.89. The quantitative estimate of drug-likeness (QED) is 0.784. The van der Waals surface area contributed by atoms with Crippen molar-refractivity contribution in [3.63, 3.8) is 0 Å². The van der Waals surface area contributed by atoms with E-state index in [0.717, 1.165) is 23.8 Å². The van der Waals surface area contributed by atoms with Crippen LogP contribution in [0.4, 0.5) is 0 Å². The van der Waals surface area contributed by atoms with Gasteiger partial charge < -0.3 is 5.32 Å². The molecule has 19 heavy (non-hydrogen) atoms. The lowest BCUT2D eigenvalue weighted by molar-refractivity contribution is 0.0683. The van der Waals surface area contributed by atoms with Crippen molar-refractivity contribution < 1.29 is 0 Å². The van der Waals surface area contributed by atoms with E-state index in [9.17, 15) is 0 Å². The first-order valence-electron chi connectivity index (χ1n) is 8.20. The van der Waals surface area contributed by atoms with Gasteiger partial charge in [0.25, 0.3) is 0 Å². The minimum atomic E-state index is 0.675. The predicted octanol–water partition coefficient (Wildman–Crippen LogP) is 3.30.